The first-order valence-electron chi connectivity index (χ1n) is 7.61. The number of para-hydroxylation sites is 2. The van der Waals surface area contributed by atoms with Crippen molar-refractivity contribution in [2.45, 2.75) is 38.6 Å². The second-order valence-corrected chi connectivity index (χ2v) is 6.36. The lowest BCUT2D eigenvalue weighted by molar-refractivity contribution is 0.175. The van der Waals surface area contributed by atoms with Crippen LogP contribution in [0.25, 0.3) is 0 Å². The van der Waals surface area contributed by atoms with Crippen LogP contribution >= 0.6 is 0 Å². The van der Waals surface area contributed by atoms with Gasteiger partial charge in [-0.05, 0) is 43.2 Å². The summed E-state index contributed by atoms with van der Waals surface area (Å²) in [5, 5.41) is 0. The zero-order valence-electron chi connectivity index (χ0n) is 13.2. The van der Waals surface area contributed by atoms with E-state index in [4.69, 9.17) is 10.5 Å². The van der Waals surface area contributed by atoms with Gasteiger partial charge in [-0.15, -0.1) is 0 Å². The van der Waals surface area contributed by atoms with Crippen LogP contribution in [0.3, 0.4) is 0 Å². The molecule has 0 amide bonds. The Morgan fingerprint density at radius 1 is 1.30 bits per heavy atom. The lowest BCUT2D eigenvalue weighted by Gasteiger charge is -2.49. The van der Waals surface area contributed by atoms with Gasteiger partial charge in [0, 0.05) is 13.6 Å². The molecule has 2 N–H and O–H groups in total. The van der Waals surface area contributed by atoms with Crippen molar-refractivity contribution in [1.82, 2.24) is 0 Å². The topological polar surface area (TPSA) is 38.5 Å². The molecule has 112 valence electrons. The number of benzene rings is 1. The van der Waals surface area contributed by atoms with E-state index in [1.165, 1.54) is 6.42 Å². The molecule has 1 aliphatic rings. The van der Waals surface area contributed by atoms with E-state index in [9.17, 15) is 0 Å². The molecule has 0 spiro atoms. The molecule has 1 saturated carbocycles. The summed E-state index contributed by atoms with van der Waals surface area (Å²) in [6.07, 6.45) is 3.56. The van der Waals surface area contributed by atoms with Crippen molar-refractivity contribution in [2.24, 2.45) is 17.6 Å². The number of hydrogen-bond donors (Lipinski definition) is 1. The zero-order chi connectivity index (χ0) is 14.8. The van der Waals surface area contributed by atoms with E-state index in [1.807, 2.05) is 12.1 Å². The average molecular weight is 276 g/mol. The van der Waals surface area contributed by atoms with Crippen LogP contribution in [0.4, 0.5) is 5.69 Å². The normalized spacial score (nSPS) is 30.1. The Bertz CT molecular complexity index is 448. The zero-order valence-corrected chi connectivity index (χ0v) is 13.2. The summed E-state index contributed by atoms with van der Waals surface area (Å²) in [5.41, 5.74) is 7.39. The van der Waals surface area contributed by atoms with Crippen LogP contribution in [0.15, 0.2) is 24.3 Å². The number of anilines is 1. The third-order valence-corrected chi connectivity index (χ3v) is 5.28. The SMILES string of the molecule is COc1ccccc1N(C)C1(CN)CCC(C)C(C)C1. The molecule has 0 aliphatic heterocycles. The van der Waals surface area contributed by atoms with Crippen LogP contribution in [0.5, 0.6) is 5.75 Å². The molecule has 1 fully saturated rings. The van der Waals surface area contributed by atoms with Gasteiger partial charge in [-0.2, -0.15) is 0 Å². The number of hydrogen-bond acceptors (Lipinski definition) is 3. The van der Waals surface area contributed by atoms with Gasteiger partial charge in [0.25, 0.3) is 0 Å². The van der Waals surface area contributed by atoms with Gasteiger partial charge in [-0.3, -0.25) is 0 Å². The molecule has 3 heteroatoms. The predicted molar refractivity (Wildman–Crippen MR) is 85.4 cm³/mol. The van der Waals surface area contributed by atoms with Crippen molar-refractivity contribution in [3.63, 3.8) is 0 Å². The molecule has 2 rings (SSSR count). The summed E-state index contributed by atoms with van der Waals surface area (Å²) in [7, 11) is 3.89. The first-order chi connectivity index (χ1) is 9.54. The lowest BCUT2D eigenvalue weighted by atomic mass is 9.70. The second kappa shape index (κ2) is 6.04. The minimum atomic E-state index is 0.0561. The second-order valence-electron chi connectivity index (χ2n) is 6.36. The highest BCUT2D eigenvalue weighted by Crippen LogP contribution is 2.42. The number of rotatable bonds is 4. The summed E-state index contributed by atoms with van der Waals surface area (Å²) in [5.74, 6) is 2.43. The van der Waals surface area contributed by atoms with E-state index in [-0.39, 0.29) is 5.54 Å². The van der Waals surface area contributed by atoms with Gasteiger partial charge in [0.15, 0.2) is 0 Å². The predicted octanol–water partition coefficient (Wildman–Crippen LogP) is 3.29. The third kappa shape index (κ3) is 2.64. The van der Waals surface area contributed by atoms with E-state index in [0.717, 1.165) is 30.2 Å². The molecule has 3 unspecified atom stereocenters. The Morgan fingerprint density at radius 2 is 2.00 bits per heavy atom. The summed E-state index contributed by atoms with van der Waals surface area (Å²) < 4.78 is 5.51. The molecule has 0 heterocycles. The van der Waals surface area contributed by atoms with Crippen LogP contribution in [0.1, 0.15) is 33.1 Å². The van der Waals surface area contributed by atoms with E-state index >= 15 is 0 Å². The van der Waals surface area contributed by atoms with Gasteiger partial charge < -0.3 is 15.4 Å². The van der Waals surface area contributed by atoms with Crippen molar-refractivity contribution in [1.29, 1.82) is 0 Å². The van der Waals surface area contributed by atoms with Crippen LogP contribution in [-0.4, -0.2) is 26.2 Å². The largest absolute Gasteiger partial charge is 0.495 e. The highest BCUT2D eigenvalue weighted by Gasteiger charge is 2.40. The first-order valence-corrected chi connectivity index (χ1v) is 7.61. The fourth-order valence-electron chi connectivity index (χ4n) is 3.47. The molecule has 0 radical (unpaired) electrons. The molecule has 1 aromatic rings. The average Bonchev–Trinajstić information content (AvgIpc) is 2.49. The number of ether oxygens (including phenoxy) is 1. The van der Waals surface area contributed by atoms with Crippen LogP contribution in [0, 0.1) is 11.8 Å². The Kier molecular flexibility index (Phi) is 4.59. The Labute approximate surface area is 123 Å². The van der Waals surface area contributed by atoms with Gasteiger partial charge in [0.05, 0.1) is 18.3 Å². The standard InChI is InChI=1S/C17H28N2O/c1-13-9-10-17(12-18,11-14(13)2)19(3)15-7-5-6-8-16(15)20-4/h5-8,13-14H,9-12,18H2,1-4H3. The van der Waals surface area contributed by atoms with Gasteiger partial charge in [0.2, 0.25) is 0 Å². The maximum absolute atomic E-state index is 6.19. The molecule has 0 saturated heterocycles. The van der Waals surface area contributed by atoms with Crippen molar-refractivity contribution in [2.75, 3.05) is 25.6 Å². The van der Waals surface area contributed by atoms with E-state index in [2.05, 4.69) is 37.9 Å². The molecule has 20 heavy (non-hydrogen) atoms. The highest BCUT2D eigenvalue weighted by molar-refractivity contribution is 5.59. The Balaban J connectivity index is 2.31. The van der Waals surface area contributed by atoms with Gasteiger partial charge in [-0.25, -0.2) is 0 Å². The highest BCUT2D eigenvalue weighted by atomic mass is 16.5. The van der Waals surface area contributed by atoms with Gasteiger partial charge >= 0.3 is 0 Å². The Morgan fingerprint density at radius 3 is 2.60 bits per heavy atom. The molecular formula is C17H28N2O. The maximum atomic E-state index is 6.19. The summed E-state index contributed by atoms with van der Waals surface area (Å²) in [6, 6.07) is 8.22. The van der Waals surface area contributed by atoms with Crippen LogP contribution in [0.2, 0.25) is 0 Å². The van der Waals surface area contributed by atoms with E-state index in [0.29, 0.717) is 12.5 Å². The summed E-state index contributed by atoms with van der Waals surface area (Å²) in [4.78, 5) is 2.36. The quantitative estimate of drug-likeness (QED) is 0.917. The Hall–Kier alpha value is -1.22. The number of likely N-dealkylation sites (N-methyl/N-ethyl adjacent to an activating group) is 1. The smallest absolute Gasteiger partial charge is 0.142 e. The van der Waals surface area contributed by atoms with E-state index in [1.54, 1.807) is 7.11 Å². The van der Waals surface area contributed by atoms with Crippen molar-refractivity contribution >= 4 is 5.69 Å². The first kappa shape index (κ1) is 15.2. The third-order valence-electron chi connectivity index (χ3n) is 5.28. The van der Waals surface area contributed by atoms with Crippen LogP contribution < -0.4 is 15.4 Å². The van der Waals surface area contributed by atoms with Gasteiger partial charge in [-0.1, -0.05) is 26.0 Å². The number of nitrogens with two attached hydrogens (primary N) is 1. The molecule has 3 nitrogen and oxygen atoms in total. The van der Waals surface area contributed by atoms with Gasteiger partial charge in [0.1, 0.15) is 5.75 Å². The number of methoxy groups -OCH3 is 1. The van der Waals surface area contributed by atoms with E-state index < -0.39 is 0 Å². The molecule has 0 bridgehead atoms. The summed E-state index contributed by atoms with van der Waals surface area (Å²) >= 11 is 0. The molecule has 0 aromatic heterocycles. The monoisotopic (exact) mass is 276 g/mol. The van der Waals surface area contributed by atoms with Crippen LogP contribution in [-0.2, 0) is 0 Å². The minimum Gasteiger partial charge on any atom is -0.495 e. The maximum Gasteiger partial charge on any atom is 0.142 e. The van der Waals surface area contributed by atoms with Crippen molar-refractivity contribution in [3.8, 4) is 5.75 Å². The molecule has 1 aliphatic carbocycles. The summed E-state index contributed by atoms with van der Waals surface area (Å²) in [6.45, 7) is 5.40. The minimum absolute atomic E-state index is 0.0561. The molecule has 1 aromatic carbocycles. The van der Waals surface area contributed by atoms with Crippen molar-refractivity contribution in [3.05, 3.63) is 24.3 Å². The fraction of sp³-hybridized carbons (Fsp3) is 0.647. The fourth-order valence-corrected chi connectivity index (χ4v) is 3.47. The lowest BCUT2D eigenvalue weighted by Crippen LogP contribution is -2.56. The van der Waals surface area contributed by atoms with Crippen molar-refractivity contribution < 1.29 is 4.74 Å². The molecule has 3 atom stereocenters. The molecular weight excluding hydrogens is 248 g/mol. The number of nitrogens with zero attached hydrogens (tertiary/aromatic N) is 1.